The molecule has 2 aromatic rings. The van der Waals surface area contributed by atoms with Gasteiger partial charge in [0.1, 0.15) is 11.9 Å². The summed E-state index contributed by atoms with van der Waals surface area (Å²) in [6.45, 7) is 6.02. The third-order valence-electron chi connectivity index (χ3n) is 5.86. The van der Waals surface area contributed by atoms with E-state index in [1.165, 1.54) is 5.56 Å². The second-order valence-corrected chi connectivity index (χ2v) is 7.90. The van der Waals surface area contributed by atoms with Crippen LogP contribution in [0.3, 0.4) is 0 Å². The smallest absolute Gasteiger partial charge is 0.194 e. The molecule has 1 aromatic heterocycles. The summed E-state index contributed by atoms with van der Waals surface area (Å²) in [6.07, 6.45) is 6.23. The molecule has 1 aliphatic carbocycles. The van der Waals surface area contributed by atoms with Crippen molar-refractivity contribution in [3.8, 4) is 5.75 Å². The molecule has 7 heteroatoms. The number of nitrogens with one attached hydrogen (secondary N) is 1. The van der Waals surface area contributed by atoms with E-state index in [4.69, 9.17) is 14.5 Å². The molecule has 1 unspecified atom stereocenters. The minimum Gasteiger partial charge on any atom is -0.496 e. The average molecular weight is 398 g/mol. The van der Waals surface area contributed by atoms with Crippen LogP contribution in [0.25, 0.3) is 0 Å². The highest BCUT2D eigenvalue weighted by atomic mass is 16.5. The van der Waals surface area contributed by atoms with Crippen LogP contribution in [-0.2, 0) is 17.2 Å². The van der Waals surface area contributed by atoms with Crippen LogP contribution in [0.5, 0.6) is 5.75 Å². The Balaban J connectivity index is 1.50. The van der Waals surface area contributed by atoms with E-state index < -0.39 is 0 Å². The molecule has 0 amide bonds. The number of benzene rings is 1. The van der Waals surface area contributed by atoms with Gasteiger partial charge in [0, 0.05) is 42.9 Å². The largest absolute Gasteiger partial charge is 0.496 e. The minimum absolute atomic E-state index is 0.0189. The number of hydrogen-bond donors (Lipinski definition) is 1. The summed E-state index contributed by atoms with van der Waals surface area (Å²) in [5, 5.41) is 7.76. The lowest BCUT2D eigenvalue weighted by molar-refractivity contribution is -0.00805. The molecular formula is C22H31N5O2. The van der Waals surface area contributed by atoms with Crippen molar-refractivity contribution < 1.29 is 9.47 Å². The Labute approximate surface area is 172 Å². The monoisotopic (exact) mass is 397 g/mol. The second-order valence-electron chi connectivity index (χ2n) is 7.90. The molecule has 1 atom stereocenters. The predicted octanol–water partition coefficient (Wildman–Crippen LogP) is 2.50. The third-order valence-corrected chi connectivity index (χ3v) is 5.86. The Hall–Kier alpha value is -2.54. The number of hydrogen-bond acceptors (Lipinski definition) is 4. The molecule has 4 rings (SSSR count). The highest BCUT2D eigenvalue weighted by molar-refractivity contribution is 5.80. The van der Waals surface area contributed by atoms with E-state index in [0.717, 1.165) is 56.3 Å². The molecule has 2 heterocycles. The number of morpholine rings is 1. The van der Waals surface area contributed by atoms with Crippen LogP contribution in [0.15, 0.2) is 41.7 Å². The van der Waals surface area contributed by atoms with Gasteiger partial charge in [-0.15, -0.1) is 0 Å². The van der Waals surface area contributed by atoms with Crippen molar-refractivity contribution >= 4 is 5.96 Å². The number of nitrogens with zero attached hydrogens (tertiary/aromatic N) is 4. The Morgan fingerprint density at radius 3 is 2.90 bits per heavy atom. The molecule has 0 bridgehead atoms. The van der Waals surface area contributed by atoms with E-state index in [1.807, 2.05) is 36.3 Å². The number of aromatic nitrogens is 2. The van der Waals surface area contributed by atoms with Gasteiger partial charge in [0.25, 0.3) is 0 Å². The van der Waals surface area contributed by atoms with Gasteiger partial charge in [0.05, 0.1) is 33.0 Å². The van der Waals surface area contributed by atoms with Crippen molar-refractivity contribution in [2.24, 2.45) is 12.0 Å². The topological polar surface area (TPSA) is 63.9 Å². The Morgan fingerprint density at radius 2 is 2.21 bits per heavy atom. The zero-order chi connectivity index (χ0) is 20.3. The molecule has 0 radical (unpaired) electrons. The van der Waals surface area contributed by atoms with Crippen LogP contribution in [0.2, 0.25) is 0 Å². The zero-order valence-corrected chi connectivity index (χ0v) is 17.6. The highest BCUT2D eigenvalue weighted by Crippen LogP contribution is 2.51. The number of aliphatic imine (C=N–C) groups is 1. The zero-order valence-electron chi connectivity index (χ0n) is 17.6. The van der Waals surface area contributed by atoms with Crippen molar-refractivity contribution in [1.29, 1.82) is 0 Å². The second kappa shape index (κ2) is 8.45. The molecular weight excluding hydrogens is 366 g/mol. The first-order valence-electron chi connectivity index (χ1n) is 10.4. The summed E-state index contributed by atoms with van der Waals surface area (Å²) in [5.74, 6) is 1.93. The van der Waals surface area contributed by atoms with Crippen LogP contribution < -0.4 is 10.1 Å². The maximum atomic E-state index is 6.00. The predicted molar refractivity (Wildman–Crippen MR) is 113 cm³/mol. The number of rotatable bonds is 6. The molecule has 1 saturated carbocycles. The summed E-state index contributed by atoms with van der Waals surface area (Å²) in [4.78, 5) is 7.36. The average Bonchev–Trinajstić information content (AvgIpc) is 3.43. The van der Waals surface area contributed by atoms with Crippen LogP contribution >= 0.6 is 0 Å². The maximum Gasteiger partial charge on any atom is 0.194 e. The molecule has 7 nitrogen and oxygen atoms in total. The maximum absolute atomic E-state index is 6.00. The van der Waals surface area contributed by atoms with Gasteiger partial charge >= 0.3 is 0 Å². The third kappa shape index (κ3) is 4.24. The van der Waals surface area contributed by atoms with Gasteiger partial charge in [-0.1, -0.05) is 18.2 Å². The van der Waals surface area contributed by atoms with E-state index >= 15 is 0 Å². The van der Waals surface area contributed by atoms with Crippen LogP contribution in [-0.4, -0.2) is 60.5 Å². The van der Waals surface area contributed by atoms with E-state index in [1.54, 1.807) is 7.11 Å². The van der Waals surface area contributed by atoms with E-state index in [9.17, 15) is 0 Å². The van der Waals surface area contributed by atoms with Gasteiger partial charge in [-0.05, 0) is 25.8 Å². The Bertz CT molecular complexity index is 858. The molecule has 29 heavy (non-hydrogen) atoms. The first-order valence-corrected chi connectivity index (χ1v) is 10.4. The quantitative estimate of drug-likeness (QED) is 0.599. The Kier molecular flexibility index (Phi) is 5.76. The summed E-state index contributed by atoms with van der Waals surface area (Å²) >= 11 is 0. The highest BCUT2D eigenvalue weighted by Gasteiger charge is 2.46. The van der Waals surface area contributed by atoms with Gasteiger partial charge in [-0.3, -0.25) is 9.67 Å². The molecule has 2 aliphatic rings. The lowest BCUT2D eigenvalue weighted by Crippen LogP contribution is -2.48. The number of aryl methyl sites for hydroxylation is 1. The van der Waals surface area contributed by atoms with E-state index in [-0.39, 0.29) is 11.5 Å². The van der Waals surface area contributed by atoms with Crippen LogP contribution in [0.4, 0.5) is 0 Å². The molecule has 0 spiro atoms. The van der Waals surface area contributed by atoms with Crippen LogP contribution in [0, 0.1) is 0 Å². The summed E-state index contributed by atoms with van der Waals surface area (Å²) < 4.78 is 13.4. The van der Waals surface area contributed by atoms with Crippen molar-refractivity contribution in [2.75, 3.05) is 39.9 Å². The van der Waals surface area contributed by atoms with Crippen molar-refractivity contribution in [3.63, 3.8) is 0 Å². The fourth-order valence-corrected chi connectivity index (χ4v) is 4.05. The molecule has 1 aliphatic heterocycles. The molecule has 156 valence electrons. The van der Waals surface area contributed by atoms with Crippen molar-refractivity contribution in [1.82, 2.24) is 20.0 Å². The van der Waals surface area contributed by atoms with Gasteiger partial charge < -0.3 is 19.7 Å². The van der Waals surface area contributed by atoms with Crippen molar-refractivity contribution in [2.45, 2.75) is 31.3 Å². The molecule has 1 aromatic carbocycles. The van der Waals surface area contributed by atoms with E-state index in [0.29, 0.717) is 6.61 Å². The normalized spacial score (nSPS) is 21.1. The standard InChI is InChI=1S/C22H31N5O2/c1-4-23-21(27-11-12-29-20(15-27)17-13-25-26(2)14-17)24-16-22(9-10-22)18-7-5-6-8-19(18)28-3/h5-8,13-14,20H,4,9-12,15-16H2,1-3H3,(H,23,24). The van der Waals surface area contributed by atoms with E-state index in [2.05, 4.69) is 34.4 Å². The number of guanidine groups is 1. The summed E-state index contributed by atoms with van der Waals surface area (Å²) in [6, 6.07) is 8.34. The number of para-hydroxylation sites is 1. The SMILES string of the molecule is CCNC(=NCC1(c2ccccc2OC)CC1)N1CCOC(c2cnn(C)c2)C1. The lowest BCUT2D eigenvalue weighted by Gasteiger charge is -2.35. The number of methoxy groups -OCH3 is 1. The number of ether oxygens (including phenoxy) is 2. The first-order chi connectivity index (χ1) is 14.1. The Morgan fingerprint density at radius 1 is 1.38 bits per heavy atom. The van der Waals surface area contributed by atoms with Gasteiger partial charge in [-0.2, -0.15) is 5.10 Å². The summed E-state index contributed by atoms with van der Waals surface area (Å²) in [7, 11) is 3.68. The van der Waals surface area contributed by atoms with Gasteiger partial charge in [0.2, 0.25) is 0 Å². The fraction of sp³-hybridized carbons (Fsp3) is 0.545. The molecule has 1 N–H and O–H groups in total. The van der Waals surface area contributed by atoms with Gasteiger partial charge in [0.15, 0.2) is 5.96 Å². The van der Waals surface area contributed by atoms with Crippen molar-refractivity contribution in [3.05, 3.63) is 47.8 Å². The molecule has 2 fully saturated rings. The summed E-state index contributed by atoms with van der Waals surface area (Å²) in [5.41, 5.74) is 2.49. The van der Waals surface area contributed by atoms with Gasteiger partial charge in [-0.25, -0.2) is 0 Å². The molecule has 1 saturated heterocycles. The first kappa shape index (κ1) is 19.8. The minimum atomic E-state index is 0.0189. The lowest BCUT2D eigenvalue weighted by atomic mass is 9.95. The van der Waals surface area contributed by atoms with Crippen LogP contribution in [0.1, 0.15) is 37.0 Å². The fourth-order valence-electron chi connectivity index (χ4n) is 4.05.